The summed E-state index contributed by atoms with van der Waals surface area (Å²) in [6.45, 7) is 0. The SMILES string of the molecule is c1ccc2c(c1)-c1ccc(-c3ccc(-c4ccc(-c5c6ccccc6c(-c6ccc7ccccc7c6)c6ccccc56)cc4)cc3)cc1C21C2CC3CC(C2)CC1C3. The van der Waals surface area contributed by atoms with Crippen LogP contribution in [0.4, 0.5) is 0 Å². The van der Waals surface area contributed by atoms with Crippen LogP contribution in [0.3, 0.4) is 0 Å². The molecule has 58 heavy (non-hydrogen) atoms. The van der Waals surface area contributed by atoms with Gasteiger partial charge in [-0.25, -0.2) is 0 Å². The fraction of sp³-hybridized carbons (Fsp3) is 0.172. The molecule has 0 atom stereocenters. The second kappa shape index (κ2) is 12.4. The number of benzene rings is 9. The lowest BCUT2D eigenvalue weighted by Crippen LogP contribution is -2.55. The van der Waals surface area contributed by atoms with Crippen LogP contribution in [0.2, 0.25) is 0 Å². The average molecular weight is 741 g/mol. The highest BCUT2D eigenvalue weighted by molar-refractivity contribution is 6.21. The highest BCUT2D eigenvalue weighted by Gasteiger charge is 2.61. The maximum atomic E-state index is 2.61. The van der Waals surface area contributed by atoms with E-state index in [2.05, 4.69) is 182 Å². The Kier molecular flexibility index (Phi) is 7.00. The Bertz CT molecular complexity index is 3020. The van der Waals surface area contributed by atoms with Crippen molar-refractivity contribution in [1.82, 2.24) is 0 Å². The van der Waals surface area contributed by atoms with Gasteiger partial charge in [0.25, 0.3) is 0 Å². The number of fused-ring (bicyclic) bond motifs is 6. The zero-order valence-corrected chi connectivity index (χ0v) is 32.7. The molecule has 4 saturated carbocycles. The molecule has 0 aliphatic heterocycles. The topological polar surface area (TPSA) is 0 Å². The van der Waals surface area contributed by atoms with Crippen molar-refractivity contribution in [1.29, 1.82) is 0 Å². The third-order valence-corrected chi connectivity index (χ3v) is 15.2. The van der Waals surface area contributed by atoms with Crippen LogP contribution in [0, 0.1) is 23.7 Å². The molecule has 9 aromatic carbocycles. The first-order chi connectivity index (χ1) is 28.7. The number of hydrogen-bond acceptors (Lipinski definition) is 0. The van der Waals surface area contributed by atoms with E-state index in [0.717, 1.165) is 23.7 Å². The third-order valence-electron chi connectivity index (χ3n) is 15.2. The zero-order chi connectivity index (χ0) is 38.0. The molecule has 14 rings (SSSR count). The van der Waals surface area contributed by atoms with Crippen molar-refractivity contribution in [3.8, 4) is 55.6 Å². The molecule has 0 heteroatoms. The van der Waals surface area contributed by atoms with Crippen LogP contribution in [-0.4, -0.2) is 0 Å². The van der Waals surface area contributed by atoms with Gasteiger partial charge in [-0.1, -0.05) is 170 Å². The van der Waals surface area contributed by atoms with Crippen molar-refractivity contribution in [2.24, 2.45) is 23.7 Å². The first-order valence-corrected chi connectivity index (χ1v) is 21.6. The Hall–Kier alpha value is -6.24. The molecule has 5 aliphatic carbocycles. The maximum absolute atomic E-state index is 2.61. The molecule has 4 fully saturated rings. The van der Waals surface area contributed by atoms with Crippen LogP contribution in [0.1, 0.15) is 43.2 Å². The minimum Gasteiger partial charge on any atom is -0.0619 e. The first kappa shape index (κ1) is 32.8. The number of hydrogen-bond donors (Lipinski definition) is 0. The Morgan fingerprint density at radius 1 is 0.310 bits per heavy atom. The molecule has 1 spiro atoms. The van der Waals surface area contributed by atoms with Crippen molar-refractivity contribution in [2.45, 2.75) is 37.5 Å². The van der Waals surface area contributed by atoms with Gasteiger partial charge in [-0.15, -0.1) is 0 Å². The molecule has 0 heterocycles. The molecule has 0 radical (unpaired) electrons. The second-order valence-electron chi connectivity index (χ2n) is 18.0. The van der Waals surface area contributed by atoms with E-state index in [9.17, 15) is 0 Å². The minimum absolute atomic E-state index is 0.199. The summed E-state index contributed by atoms with van der Waals surface area (Å²) in [5.41, 5.74) is 16.7. The summed E-state index contributed by atoms with van der Waals surface area (Å²) in [6.07, 6.45) is 7.16. The molecule has 4 bridgehead atoms. The lowest BCUT2D eigenvalue weighted by atomic mass is 9.43. The van der Waals surface area contributed by atoms with Crippen LogP contribution < -0.4 is 0 Å². The van der Waals surface area contributed by atoms with Crippen molar-refractivity contribution in [2.75, 3.05) is 0 Å². The van der Waals surface area contributed by atoms with Crippen molar-refractivity contribution in [3.05, 3.63) is 193 Å². The van der Waals surface area contributed by atoms with Gasteiger partial charge >= 0.3 is 0 Å². The van der Waals surface area contributed by atoms with Crippen molar-refractivity contribution < 1.29 is 0 Å². The van der Waals surface area contributed by atoms with E-state index in [4.69, 9.17) is 0 Å². The van der Waals surface area contributed by atoms with E-state index >= 15 is 0 Å². The quantitative estimate of drug-likeness (QED) is 0.158. The molecule has 0 nitrogen and oxygen atoms in total. The van der Waals surface area contributed by atoms with Gasteiger partial charge in [-0.2, -0.15) is 0 Å². The summed E-state index contributed by atoms with van der Waals surface area (Å²) >= 11 is 0. The standard InChI is InChI=1S/C58H44/c1-2-10-43-34-45(26-23-38(43)9-1)57-52-14-5-3-12-50(52)56(51-13-4-6-15-53(51)57)42-24-21-40(22-25-42)39-17-19-41(20-18-39)44-27-28-49-48-11-7-8-16-54(48)58(55(49)35-44)46-30-36-29-37(32-46)33-47(58)31-36/h1-28,34-37,46-47H,29-33H2. The predicted octanol–water partition coefficient (Wildman–Crippen LogP) is 15.5. The predicted molar refractivity (Wildman–Crippen MR) is 244 cm³/mol. The van der Waals surface area contributed by atoms with Gasteiger partial charge in [-0.3, -0.25) is 0 Å². The van der Waals surface area contributed by atoms with Crippen molar-refractivity contribution in [3.63, 3.8) is 0 Å². The lowest BCUT2D eigenvalue weighted by molar-refractivity contribution is -0.0399. The van der Waals surface area contributed by atoms with E-state index in [-0.39, 0.29) is 5.41 Å². The van der Waals surface area contributed by atoms with Crippen LogP contribution in [0.25, 0.3) is 88.0 Å². The van der Waals surface area contributed by atoms with E-state index < -0.39 is 0 Å². The molecule has 5 aliphatic rings. The monoisotopic (exact) mass is 740 g/mol. The smallest absolute Gasteiger partial charge is 0.0272 e. The third kappa shape index (κ3) is 4.64. The van der Waals surface area contributed by atoms with Gasteiger partial charge < -0.3 is 0 Å². The first-order valence-electron chi connectivity index (χ1n) is 21.6. The fourth-order valence-electron chi connectivity index (χ4n) is 13.1. The molecule has 9 aromatic rings. The fourth-order valence-corrected chi connectivity index (χ4v) is 13.1. The Morgan fingerprint density at radius 2 is 0.759 bits per heavy atom. The van der Waals surface area contributed by atoms with Gasteiger partial charge in [0.05, 0.1) is 0 Å². The van der Waals surface area contributed by atoms with Gasteiger partial charge in [0, 0.05) is 5.41 Å². The summed E-state index contributed by atoms with van der Waals surface area (Å²) in [7, 11) is 0. The van der Waals surface area contributed by atoms with Crippen molar-refractivity contribution >= 4 is 32.3 Å². The van der Waals surface area contributed by atoms with E-state index in [1.165, 1.54) is 120 Å². The summed E-state index contributed by atoms with van der Waals surface area (Å²) in [4.78, 5) is 0. The Balaban J connectivity index is 0.860. The van der Waals surface area contributed by atoms with E-state index in [0.29, 0.717) is 0 Å². The molecular weight excluding hydrogens is 697 g/mol. The summed E-state index contributed by atoms with van der Waals surface area (Å²) in [5.74, 6) is 3.47. The molecule has 0 unspecified atom stereocenters. The Morgan fingerprint density at radius 3 is 1.38 bits per heavy atom. The number of rotatable bonds is 4. The van der Waals surface area contributed by atoms with Crippen LogP contribution in [-0.2, 0) is 5.41 Å². The summed E-state index contributed by atoms with van der Waals surface area (Å²) < 4.78 is 0. The van der Waals surface area contributed by atoms with Gasteiger partial charge in [-0.05, 0) is 167 Å². The van der Waals surface area contributed by atoms with Gasteiger partial charge in [0.1, 0.15) is 0 Å². The molecule has 0 N–H and O–H groups in total. The highest BCUT2D eigenvalue weighted by Crippen LogP contribution is 2.69. The second-order valence-corrected chi connectivity index (χ2v) is 18.0. The van der Waals surface area contributed by atoms with E-state index in [1.54, 1.807) is 11.1 Å². The van der Waals surface area contributed by atoms with Crippen LogP contribution in [0.5, 0.6) is 0 Å². The maximum Gasteiger partial charge on any atom is 0.0272 e. The zero-order valence-electron chi connectivity index (χ0n) is 32.7. The van der Waals surface area contributed by atoms with Gasteiger partial charge in [0.15, 0.2) is 0 Å². The largest absolute Gasteiger partial charge is 0.0619 e. The lowest BCUT2D eigenvalue weighted by Gasteiger charge is -2.61. The minimum atomic E-state index is 0.199. The normalized spacial score (nSPS) is 22.6. The van der Waals surface area contributed by atoms with Crippen LogP contribution >= 0.6 is 0 Å². The Labute approximate surface area is 340 Å². The van der Waals surface area contributed by atoms with Crippen LogP contribution in [0.15, 0.2) is 182 Å². The summed E-state index contributed by atoms with van der Waals surface area (Å²) in [6, 6.07) is 69.0. The molecule has 276 valence electrons. The molecule has 0 amide bonds. The van der Waals surface area contributed by atoms with E-state index in [1.807, 2.05) is 0 Å². The summed E-state index contributed by atoms with van der Waals surface area (Å²) in [5, 5.41) is 7.69. The van der Waals surface area contributed by atoms with Gasteiger partial charge in [0.2, 0.25) is 0 Å². The molecular formula is C58H44. The molecule has 0 saturated heterocycles. The molecule has 0 aromatic heterocycles. The highest BCUT2D eigenvalue weighted by atomic mass is 14.6. The average Bonchev–Trinajstić information content (AvgIpc) is 3.57.